The highest BCUT2D eigenvalue weighted by atomic mass is 16.3. The molecular formula is C13H19BN2O3. The number of amides is 1. The van der Waals surface area contributed by atoms with E-state index in [0.717, 1.165) is 19.4 Å². The summed E-state index contributed by atoms with van der Waals surface area (Å²) in [4.78, 5) is 14.0. The van der Waals surface area contributed by atoms with E-state index in [2.05, 4.69) is 5.32 Å². The van der Waals surface area contributed by atoms with Gasteiger partial charge in [0.15, 0.2) is 0 Å². The summed E-state index contributed by atoms with van der Waals surface area (Å²) in [5.41, 5.74) is 0.453. The standard InChI is InChI=1S/C13H19BN2O3/c1-14(19)16-7-3-5-11(9-16)15-13(18)10-4-2-6-12(17)8-10/h2,4,6,8,11,17,19H,3,5,7,9H2,1H3,(H,15,18)/t11-/m1/s1. The molecule has 0 aliphatic carbocycles. The second kappa shape index (κ2) is 6.08. The molecular weight excluding hydrogens is 243 g/mol. The predicted octanol–water partition coefficient (Wildman–Crippen LogP) is 0.697. The molecule has 1 atom stereocenters. The third-order valence-electron chi connectivity index (χ3n) is 3.42. The van der Waals surface area contributed by atoms with Crippen molar-refractivity contribution < 1.29 is 14.9 Å². The van der Waals surface area contributed by atoms with Crippen molar-refractivity contribution in [1.82, 2.24) is 10.1 Å². The van der Waals surface area contributed by atoms with Crippen molar-refractivity contribution in [2.75, 3.05) is 13.1 Å². The number of nitrogens with one attached hydrogen (secondary N) is 1. The lowest BCUT2D eigenvalue weighted by Crippen LogP contribution is -2.51. The Hall–Kier alpha value is -1.53. The minimum absolute atomic E-state index is 0.0400. The molecule has 2 rings (SSSR count). The molecule has 1 aromatic carbocycles. The molecule has 19 heavy (non-hydrogen) atoms. The van der Waals surface area contributed by atoms with E-state index in [1.165, 1.54) is 12.1 Å². The lowest BCUT2D eigenvalue weighted by molar-refractivity contribution is 0.0918. The number of carbonyl (C=O) groups is 1. The van der Waals surface area contributed by atoms with Gasteiger partial charge in [0.05, 0.1) is 0 Å². The van der Waals surface area contributed by atoms with Crippen LogP contribution in [-0.2, 0) is 0 Å². The summed E-state index contributed by atoms with van der Waals surface area (Å²) < 4.78 is 0. The molecule has 5 nitrogen and oxygen atoms in total. The molecule has 0 unspecified atom stereocenters. The molecule has 1 aliphatic rings. The maximum atomic E-state index is 12.0. The zero-order chi connectivity index (χ0) is 13.8. The van der Waals surface area contributed by atoms with Gasteiger partial charge in [-0.1, -0.05) is 6.07 Å². The molecule has 6 heteroatoms. The summed E-state index contributed by atoms with van der Waals surface area (Å²) >= 11 is 0. The summed E-state index contributed by atoms with van der Waals surface area (Å²) in [7, 11) is -0.486. The van der Waals surface area contributed by atoms with Crippen LogP contribution in [0.1, 0.15) is 23.2 Å². The molecule has 1 aromatic rings. The maximum absolute atomic E-state index is 12.0. The number of aromatic hydroxyl groups is 1. The van der Waals surface area contributed by atoms with Gasteiger partial charge in [0.1, 0.15) is 5.75 Å². The molecule has 1 amide bonds. The van der Waals surface area contributed by atoms with Crippen molar-refractivity contribution in [3.8, 4) is 5.75 Å². The van der Waals surface area contributed by atoms with Crippen molar-refractivity contribution in [3.05, 3.63) is 29.8 Å². The molecule has 0 bridgehead atoms. The van der Waals surface area contributed by atoms with Gasteiger partial charge in [-0.2, -0.15) is 0 Å². The maximum Gasteiger partial charge on any atom is 0.376 e. The molecule has 102 valence electrons. The highest BCUT2D eigenvalue weighted by Crippen LogP contribution is 2.14. The number of rotatable bonds is 3. The van der Waals surface area contributed by atoms with Gasteiger partial charge in [-0.05, 0) is 44.4 Å². The normalized spacial score (nSPS) is 20.0. The molecule has 1 heterocycles. The first-order valence-electron chi connectivity index (χ1n) is 6.58. The summed E-state index contributed by atoms with van der Waals surface area (Å²) in [6.07, 6.45) is 1.86. The smallest absolute Gasteiger partial charge is 0.376 e. The van der Waals surface area contributed by atoms with Crippen LogP contribution in [0.25, 0.3) is 0 Å². The lowest BCUT2D eigenvalue weighted by atomic mass is 9.82. The van der Waals surface area contributed by atoms with E-state index in [4.69, 9.17) is 0 Å². The zero-order valence-corrected chi connectivity index (χ0v) is 11.0. The van der Waals surface area contributed by atoms with Crippen LogP contribution in [0.4, 0.5) is 0 Å². The quantitative estimate of drug-likeness (QED) is 0.701. The second-order valence-corrected chi connectivity index (χ2v) is 4.99. The van der Waals surface area contributed by atoms with Gasteiger partial charge < -0.3 is 20.3 Å². The van der Waals surface area contributed by atoms with Crippen LogP contribution < -0.4 is 5.32 Å². The number of benzene rings is 1. The van der Waals surface area contributed by atoms with E-state index < -0.39 is 7.05 Å². The predicted molar refractivity (Wildman–Crippen MR) is 74.0 cm³/mol. The number of nitrogens with zero attached hydrogens (tertiary/aromatic N) is 1. The Morgan fingerprint density at radius 2 is 2.32 bits per heavy atom. The van der Waals surface area contributed by atoms with E-state index in [9.17, 15) is 14.9 Å². The van der Waals surface area contributed by atoms with Crippen LogP contribution in [0, 0.1) is 0 Å². The Kier molecular flexibility index (Phi) is 4.45. The van der Waals surface area contributed by atoms with E-state index in [0.29, 0.717) is 12.1 Å². The van der Waals surface area contributed by atoms with Gasteiger partial charge in [0.25, 0.3) is 5.91 Å². The molecule has 1 aliphatic heterocycles. The third kappa shape index (κ3) is 3.72. The highest BCUT2D eigenvalue weighted by molar-refractivity contribution is 6.45. The Morgan fingerprint density at radius 1 is 1.53 bits per heavy atom. The number of hydrogen-bond donors (Lipinski definition) is 3. The van der Waals surface area contributed by atoms with Crippen LogP contribution in [0.2, 0.25) is 6.82 Å². The number of phenols is 1. The molecule has 1 saturated heterocycles. The Morgan fingerprint density at radius 3 is 3.00 bits per heavy atom. The first-order chi connectivity index (χ1) is 9.06. The van der Waals surface area contributed by atoms with Crippen LogP contribution >= 0.6 is 0 Å². The van der Waals surface area contributed by atoms with Crippen LogP contribution in [-0.4, -0.2) is 47.0 Å². The van der Waals surface area contributed by atoms with Crippen LogP contribution in [0.3, 0.4) is 0 Å². The van der Waals surface area contributed by atoms with Crippen molar-refractivity contribution in [2.24, 2.45) is 0 Å². The number of hydrogen-bond acceptors (Lipinski definition) is 4. The lowest BCUT2D eigenvalue weighted by Gasteiger charge is -2.33. The fourth-order valence-corrected chi connectivity index (χ4v) is 2.38. The van der Waals surface area contributed by atoms with E-state index >= 15 is 0 Å². The molecule has 0 saturated carbocycles. The van der Waals surface area contributed by atoms with Crippen molar-refractivity contribution in [2.45, 2.75) is 25.7 Å². The minimum atomic E-state index is -0.486. The monoisotopic (exact) mass is 262 g/mol. The Bertz CT molecular complexity index is 453. The van der Waals surface area contributed by atoms with Crippen molar-refractivity contribution in [3.63, 3.8) is 0 Å². The summed E-state index contributed by atoms with van der Waals surface area (Å²) in [5.74, 6) is -0.102. The van der Waals surface area contributed by atoms with E-state index in [1.807, 2.05) is 4.81 Å². The average Bonchev–Trinajstić information content (AvgIpc) is 2.39. The van der Waals surface area contributed by atoms with Gasteiger partial charge in [-0.3, -0.25) is 4.79 Å². The summed E-state index contributed by atoms with van der Waals surface area (Å²) in [6, 6.07) is 6.34. The van der Waals surface area contributed by atoms with Crippen LogP contribution in [0.5, 0.6) is 5.75 Å². The Balaban J connectivity index is 1.95. The number of piperidine rings is 1. The topological polar surface area (TPSA) is 72.8 Å². The number of phenolic OH excluding ortho intramolecular Hbond substituents is 1. The van der Waals surface area contributed by atoms with Crippen molar-refractivity contribution in [1.29, 1.82) is 0 Å². The molecule has 0 aromatic heterocycles. The number of carbonyl (C=O) groups excluding carboxylic acids is 1. The Labute approximate surface area is 113 Å². The van der Waals surface area contributed by atoms with Gasteiger partial charge in [0, 0.05) is 18.2 Å². The fraction of sp³-hybridized carbons (Fsp3) is 0.462. The molecule has 0 radical (unpaired) electrons. The average molecular weight is 262 g/mol. The first-order valence-corrected chi connectivity index (χ1v) is 6.58. The van der Waals surface area contributed by atoms with Crippen LogP contribution in [0.15, 0.2) is 24.3 Å². The van der Waals surface area contributed by atoms with Gasteiger partial charge in [-0.25, -0.2) is 0 Å². The van der Waals surface area contributed by atoms with E-state index in [-0.39, 0.29) is 17.7 Å². The van der Waals surface area contributed by atoms with E-state index in [1.54, 1.807) is 19.0 Å². The fourth-order valence-electron chi connectivity index (χ4n) is 2.38. The highest BCUT2D eigenvalue weighted by Gasteiger charge is 2.25. The molecule has 0 spiro atoms. The van der Waals surface area contributed by atoms with Gasteiger partial charge in [0.2, 0.25) is 0 Å². The third-order valence-corrected chi connectivity index (χ3v) is 3.42. The first kappa shape index (κ1) is 13.9. The van der Waals surface area contributed by atoms with Gasteiger partial charge >= 0.3 is 7.05 Å². The summed E-state index contributed by atoms with van der Waals surface area (Å²) in [5, 5.41) is 21.9. The summed E-state index contributed by atoms with van der Waals surface area (Å²) in [6.45, 7) is 3.25. The zero-order valence-electron chi connectivity index (χ0n) is 11.0. The minimum Gasteiger partial charge on any atom is -0.508 e. The van der Waals surface area contributed by atoms with Gasteiger partial charge in [-0.15, -0.1) is 0 Å². The molecule has 1 fully saturated rings. The SMILES string of the molecule is CB(O)N1CCC[C@@H](NC(=O)c2cccc(O)c2)C1. The molecule has 3 N–H and O–H groups in total. The largest absolute Gasteiger partial charge is 0.508 e. The van der Waals surface area contributed by atoms with Crippen molar-refractivity contribution >= 4 is 13.0 Å². The second-order valence-electron chi connectivity index (χ2n) is 4.99.